The Labute approximate surface area is 267 Å². The van der Waals surface area contributed by atoms with Crippen LogP contribution in [-0.4, -0.2) is 83.3 Å². The molecule has 0 aliphatic carbocycles. The number of ether oxygens (including phenoxy) is 2. The molecule has 1 aliphatic rings. The van der Waals surface area contributed by atoms with E-state index in [0.29, 0.717) is 36.7 Å². The number of aromatic nitrogens is 1. The number of carbonyl (C=O) groups excluding carboxylic acids is 2. The van der Waals surface area contributed by atoms with Crippen LogP contribution in [0, 0.1) is 5.92 Å². The van der Waals surface area contributed by atoms with Crippen molar-refractivity contribution in [1.82, 2.24) is 14.8 Å². The van der Waals surface area contributed by atoms with Gasteiger partial charge in [0.2, 0.25) is 5.91 Å². The predicted octanol–water partition coefficient (Wildman–Crippen LogP) is 5.19. The predicted molar refractivity (Wildman–Crippen MR) is 176 cm³/mol. The monoisotopic (exact) mass is 616 g/mol. The number of nitrogens with zero attached hydrogens (tertiary/aromatic N) is 3. The summed E-state index contributed by atoms with van der Waals surface area (Å²) in [6, 6.07) is 18.3. The van der Waals surface area contributed by atoms with E-state index < -0.39 is 6.04 Å². The van der Waals surface area contributed by atoms with Crippen molar-refractivity contribution in [2.24, 2.45) is 5.92 Å². The maximum Gasteiger partial charge on any atom is 0.258 e. The first-order valence-electron chi connectivity index (χ1n) is 16.0. The van der Waals surface area contributed by atoms with E-state index in [4.69, 9.17) is 9.47 Å². The Bertz CT molecular complexity index is 1360. The summed E-state index contributed by atoms with van der Waals surface area (Å²) >= 11 is 0. The summed E-state index contributed by atoms with van der Waals surface area (Å²) in [4.78, 5) is 35.3. The number of aliphatic hydroxyl groups is 1. The number of hydrogen-bond acceptors (Lipinski definition) is 7. The molecule has 0 fully saturated rings. The Kier molecular flexibility index (Phi) is 12.9. The molecule has 0 saturated carbocycles. The molecule has 1 aromatic heterocycles. The average Bonchev–Trinajstić information content (AvgIpc) is 3.03. The Balaban J connectivity index is 1.59. The summed E-state index contributed by atoms with van der Waals surface area (Å²) < 4.78 is 12.8. The minimum absolute atomic E-state index is 0.0252. The van der Waals surface area contributed by atoms with Crippen LogP contribution >= 0.6 is 0 Å². The summed E-state index contributed by atoms with van der Waals surface area (Å²) in [5.41, 5.74) is 2.95. The number of rotatable bonds is 9. The van der Waals surface area contributed by atoms with Gasteiger partial charge in [-0.05, 0) is 81.6 Å². The number of anilines is 1. The van der Waals surface area contributed by atoms with Crippen LogP contribution in [0.3, 0.4) is 0 Å². The number of nitrogens with one attached hydrogen (secondary N) is 1. The Morgan fingerprint density at radius 3 is 2.58 bits per heavy atom. The first kappa shape index (κ1) is 34.1. The van der Waals surface area contributed by atoms with Crippen LogP contribution in [-0.2, 0) is 22.5 Å². The molecular formula is C36H48N4O5. The number of pyridine rings is 1. The highest BCUT2D eigenvalue weighted by Crippen LogP contribution is 2.28. The zero-order valence-corrected chi connectivity index (χ0v) is 27.0. The van der Waals surface area contributed by atoms with Gasteiger partial charge in [-0.25, -0.2) is 0 Å². The maximum absolute atomic E-state index is 14.3. The van der Waals surface area contributed by atoms with Crippen molar-refractivity contribution in [2.45, 2.75) is 71.2 Å². The Morgan fingerprint density at radius 2 is 1.84 bits per heavy atom. The van der Waals surface area contributed by atoms with Gasteiger partial charge in [0, 0.05) is 50.2 Å². The van der Waals surface area contributed by atoms with Crippen LogP contribution < -0.4 is 10.1 Å². The summed E-state index contributed by atoms with van der Waals surface area (Å²) in [5, 5.41) is 13.2. The van der Waals surface area contributed by atoms with Crippen LogP contribution in [0.1, 0.15) is 61.5 Å². The van der Waals surface area contributed by atoms with Gasteiger partial charge in [-0.3, -0.25) is 19.5 Å². The molecule has 3 aromatic rings. The Hall–Kier alpha value is -3.79. The number of hydrogen-bond donors (Lipinski definition) is 2. The smallest absolute Gasteiger partial charge is 0.258 e. The Morgan fingerprint density at radius 1 is 1.09 bits per heavy atom. The molecular weight excluding hydrogens is 568 g/mol. The summed E-state index contributed by atoms with van der Waals surface area (Å²) in [7, 11) is 2.07. The largest absolute Gasteiger partial charge is 0.490 e. The van der Waals surface area contributed by atoms with Crippen molar-refractivity contribution in [1.29, 1.82) is 0 Å². The molecule has 2 amide bonds. The number of fused-ring (bicyclic) bond motifs is 1. The van der Waals surface area contributed by atoms with E-state index in [-0.39, 0.29) is 43.0 Å². The van der Waals surface area contributed by atoms with Crippen molar-refractivity contribution >= 4 is 17.5 Å². The van der Waals surface area contributed by atoms with Gasteiger partial charge in [-0.1, -0.05) is 37.3 Å². The third-order valence-electron chi connectivity index (χ3n) is 8.24. The quantitative estimate of drug-likeness (QED) is 0.341. The topological polar surface area (TPSA) is 104 Å². The van der Waals surface area contributed by atoms with Gasteiger partial charge in [0.15, 0.2) is 0 Å². The van der Waals surface area contributed by atoms with Crippen molar-refractivity contribution < 1.29 is 24.2 Å². The molecule has 9 heteroatoms. The van der Waals surface area contributed by atoms with Crippen LogP contribution in [0.4, 0.5) is 5.69 Å². The van der Waals surface area contributed by atoms with E-state index in [1.165, 1.54) is 5.56 Å². The molecule has 0 bridgehead atoms. The number of aliphatic hydroxyl groups excluding tert-OH is 1. The molecule has 0 spiro atoms. The van der Waals surface area contributed by atoms with E-state index in [1.54, 1.807) is 35.5 Å². The minimum Gasteiger partial charge on any atom is -0.490 e. The maximum atomic E-state index is 14.3. The molecule has 0 radical (unpaired) electrons. The average molecular weight is 617 g/mol. The minimum atomic E-state index is -0.440. The molecule has 4 rings (SSSR count). The fourth-order valence-corrected chi connectivity index (χ4v) is 5.62. The van der Waals surface area contributed by atoms with Gasteiger partial charge < -0.3 is 24.8 Å². The second-order valence-corrected chi connectivity index (χ2v) is 12.3. The lowest BCUT2D eigenvalue weighted by Crippen LogP contribution is -2.47. The molecule has 0 unspecified atom stereocenters. The number of amides is 2. The van der Waals surface area contributed by atoms with Crippen LogP contribution in [0.25, 0.3) is 0 Å². The second-order valence-electron chi connectivity index (χ2n) is 12.3. The fourth-order valence-electron chi connectivity index (χ4n) is 5.62. The molecule has 0 saturated heterocycles. The van der Waals surface area contributed by atoms with Crippen molar-refractivity contribution in [3.63, 3.8) is 0 Å². The summed E-state index contributed by atoms with van der Waals surface area (Å²) in [6.45, 7) is 8.20. The van der Waals surface area contributed by atoms with E-state index in [9.17, 15) is 14.7 Å². The normalized spacial score (nSPS) is 20.5. The number of carbonyl (C=O) groups is 2. The number of likely N-dealkylation sites (N-methyl/N-ethyl adjacent to an activating group) is 1. The van der Waals surface area contributed by atoms with Crippen LogP contribution in [0.5, 0.6) is 5.75 Å². The first-order valence-corrected chi connectivity index (χ1v) is 16.0. The number of benzene rings is 2. The molecule has 2 N–H and O–H groups in total. The van der Waals surface area contributed by atoms with Gasteiger partial charge in [0.1, 0.15) is 5.75 Å². The lowest BCUT2D eigenvalue weighted by Gasteiger charge is -2.36. The van der Waals surface area contributed by atoms with E-state index >= 15 is 0 Å². The molecule has 242 valence electrons. The molecule has 45 heavy (non-hydrogen) atoms. The zero-order valence-electron chi connectivity index (χ0n) is 27.0. The van der Waals surface area contributed by atoms with Gasteiger partial charge in [-0.2, -0.15) is 0 Å². The third kappa shape index (κ3) is 10.4. The fraction of sp³-hybridized carbons (Fsp3) is 0.472. The molecule has 2 aromatic carbocycles. The third-order valence-corrected chi connectivity index (χ3v) is 8.24. The van der Waals surface area contributed by atoms with Gasteiger partial charge >= 0.3 is 0 Å². The zero-order chi connectivity index (χ0) is 32.2. The van der Waals surface area contributed by atoms with E-state index in [0.717, 1.165) is 31.4 Å². The van der Waals surface area contributed by atoms with Crippen LogP contribution in [0.2, 0.25) is 0 Å². The van der Waals surface area contributed by atoms with Crippen LogP contribution in [0.15, 0.2) is 73.1 Å². The summed E-state index contributed by atoms with van der Waals surface area (Å²) in [6.07, 6.45) is 6.21. The summed E-state index contributed by atoms with van der Waals surface area (Å²) in [5.74, 6) is 0.0145. The second kappa shape index (κ2) is 17.1. The van der Waals surface area contributed by atoms with Crippen molar-refractivity contribution in [3.05, 3.63) is 89.7 Å². The van der Waals surface area contributed by atoms with Crippen molar-refractivity contribution in [2.75, 3.05) is 38.7 Å². The van der Waals surface area contributed by atoms with Gasteiger partial charge in [0.05, 0.1) is 36.8 Å². The van der Waals surface area contributed by atoms with Gasteiger partial charge in [0.25, 0.3) is 5.91 Å². The lowest BCUT2D eigenvalue weighted by atomic mass is 10.0. The van der Waals surface area contributed by atoms with E-state index in [1.807, 2.05) is 56.3 Å². The SMILES string of the molecule is C[C@H](CO)N1C[C@H](C)[C@@H](CN(C)Cc2ccncc2)OCCCC[C@H](C)Oc2ccc(NC(=O)Cc3ccccc3)cc2C1=O. The van der Waals surface area contributed by atoms with Gasteiger partial charge in [-0.15, -0.1) is 0 Å². The van der Waals surface area contributed by atoms with Crippen molar-refractivity contribution in [3.8, 4) is 5.75 Å². The lowest BCUT2D eigenvalue weighted by molar-refractivity contribution is -0.115. The molecule has 4 atom stereocenters. The standard InChI is InChI=1S/C36H48N4O5/c1-26-22-40(27(2)25-41)36(43)32-21-31(38-35(42)20-29-11-6-5-7-12-29)13-14-33(32)45-28(3)10-8-9-19-44-34(26)24-39(4)23-30-15-17-37-18-16-30/h5-7,11-18,21,26-28,34,41H,8-10,19-20,22-25H2,1-4H3,(H,38,42)/t26-,27+,28-,34+/m0/s1. The molecule has 1 aliphatic heterocycles. The highest BCUT2D eigenvalue weighted by Gasteiger charge is 2.30. The van der Waals surface area contributed by atoms with E-state index in [2.05, 4.69) is 29.2 Å². The highest BCUT2D eigenvalue weighted by molar-refractivity contribution is 6.00. The molecule has 9 nitrogen and oxygen atoms in total. The first-order chi connectivity index (χ1) is 21.7. The highest BCUT2D eigenvalue weighted by atomic mass is 16.5. The molecule has 2 heterocycles.